The zero-order chi connectivity index (χ0) is 27.4. The van der Waals surface area contributed by atoms with E-state index in [4.69, 9.17) is 14.2 Å². The van der Waals surface area contributed by atoms with Gasteiger partial charge in [-0.25, -0.2) is 0 Å². The third-order valence-corrected chi connectivity index (χ3v) is 8.71. The van der Waals surface area contributed by atoms with Crippen LogP contribution in [0.4, 0.5) is 0 Å². The van der Waals surface area contributed by atoms with E-state index in [0.29, 0.717) is 42.2 Å². The number of rotatable bonds is 9. The molecule has 1 amide bonds. The van der Waals surface area contributed by atoms with E-state index >= 15 is 0 Å². The minimum Gasteiger partial charge on any atom is -0.494 e. The highest BCUT2D eigenvalue weighted by molar-refractivity contribution is 6.24. The van der Waals surface area contributed by atoms with Gasteiger partial charge in [-0.05, 0) is 94.6 Å². The van der Waals surface area contributed by atoms with Crippen LogP contribution >= 0.6 is 0 Å². The predicted octanol–water partition coefficient (Wildman–Crippen LogP) is 4.30. The van der Waals surface area contributed by atoms with E-state index in [1.807, 2.05) is 29.2 Å². The molecule has 0 spiro atoms. The van der Waals surface area contributed by atoms with Gasteiger partial charge in [0.2, 0.25) is 23.1 Å². The second-order valence-electron chi connectivity index (χ2n) is 11.1. The van der Waals surface area contributed by atoms with Crippen LogP contribution in [-0.4, -0.2) is 80.3 Å². The fraction of sp³-hybridized carbons (Fsp3) is 0.581. The van der Waals surface area contributed by atoms with Crippen LogP contribution < -0.4 is 4.74 Å². The number of Topliss-reactive ketones (excluding diaryl/α,β-unsaturated/α-hetero) is 2. The highest BCUT2D eigenvalue weighted by Gasteiger charge is 2.41. The van der Waals surface area contributed by atoms with Crippen molar-refractivity contribution in [3.63, 3.8) is 0 Å². The molecule has 39 heavy (non-hydrogen) atoms. The van der Waals surface area contributed by atoms with E-state index in [0.717, 1.165) is 44.5 Å². The summed E-state index contributed by atoms with van der Waals surface area (Å²) in [7, 11) is 2.77. The van der Waals surface area contributed by atoms with Crippen LogP contribution in [0, 0.1) is 5.92 Å². The van der Waals surface area contributed by atoms with Crippen molar-refractivity contribution in [2.45, 2.75) is 63.8 Å². The molecule has 0 saturated carbocycles. The monoisotopic (exact) mass is 536 g/mol. The first-order valence-corrected chi connectivity index (χ1v) is 14.4. The topological polar surface area (TPSA) is 85.4 Å². The number of carbonyl (C=O) groups excluding carboxylic acids is 3. The van der Waals surface area contributed by atoms with Gasteiger partial charge in [0.15, 0.2) is 0 Å². The number of ketones is 2. The molecule has 2 saturated heterocycles. The molecule has 0 bridgehead atoms. The van der Waals surface area contributed by atoms with Crippen LogP contribution in [0.2, 0.25) is 0 Å². The number of hydrogen-bond donors (Lipinski definition) is 0. The average molecular weight is 537 g/mol. The molecule has 5 rings (SSSR count). The molecule has 0 radical (unpaired) electrons. The molecule has 0 atom stereocenters. The Morgan fingerprint density at radius 1 is 0.846 bits per heavy atom. The number of allylic oxidation sites excluding steroid dienone is 2. The van der Waals surface area contributed by atoms with Gasteiger partial charge < -0.3 is 24.0 Å². The van der Waals surface area contributed by atoms with Crippen LogP contribution in [0.15, 0.2) is 46.9 Å². The van der Waals surface area contributed by atoms with Crippen molar-refractivity contribution in [3.05, 3.63) is 52.5 Å². The normalized spacial score (nSPS) is 21.4. The van der Waals surface area contributed by atoms with Crippen LogP contribution in [-0.2, 0) is 19.1 Å². The van der Waals surface area contributed by atoms with E-state index in [-0.39, 0.29) is 34.9 Å². The number of methoxy groups -OCH3 is 2. The van der Waals surface area contributed by atoms with Gasteiger partial charge >= 0.3 is 0 Å². The van der Waals surface area contributed by atoms with Gasteiger partial charge in [-0.1, -0.05) is 6.42 Å². The van der Waals surface area contributed by atoms with Gasteiger partial charge in [-0.15, -0.1) is 0 Å². The summed E-state index contributed by atoms with van der Waals surface area (Å²) < 4.78 is 16.2. The Labute approximate surface area is 230 Å². The molecule has 0 unspecified atom stereocenters. The lowest BCUT2D eigenvalue weighted by molar-refractivity contribution is -0.121. The van der Waals surface area contributed by atoms with Gasteiger partial charge in [0.1, 0.15) is 5.75 Å². The number of amides is 1. The first-order valence-electron chi connectivity index (χ1n) is 14.4. The van der Waals surface area contributed by atoms with Crippen molar-refractivity contribution in [2.75, 3.05) is 47.0 Å². The number of benzene rings is 1. The number of piperidine rings is 2. The fourth-order valence-electron chi connectivity index (χ4n) is 6.57. The molecular weight excluding hydrogens is 496 g/mol. The van der Waals surface area contributed by atoms with E-state index in [9.17, 15) is 14.4 Å². The van der Waals surface area contributed by atoms with Gasteiger partial charge in [-0.3, -0.25) is 14.4 Å². The van der Waals surface area contributed by atoms with Gasteiger partial charge in [0.05, 0.1) is 20.8 Å². The average Bonchev–Trinajstić information content (AvgIpc) is 3.42. The quantitative estimate of drug-likeness (QED) is 0.344. The van der Waals surface area contributed by atoms with E-state index in [1.54, 1.807) is 0 Å². The van der Waals surface area contributed by atoms with Crippen LogP contribution in [0.5, 0.6) is 5.75 Å². The molecule has 2 fully saturated rings. The molecule has 0 N–H and O–H groups in total. The number of likely N-dealkylation sites (tertiary alicyclic amines) is 2. The highest BCUT2D eigenvalue weighted by atomic mass is 16.5. The van der Waals surface area contributed by atoms with Crippen molar-refractivity contribution in [1.29, 1.82) is 0 Å². The third-order valence-electron chi connectivity index (χ3n) is 8.71. The zero-order valence-electron chi connectivity index (χ0n) is 23.2. The van der Waals surface area contributed by atoms with Crippen LogP contribution in [0.3, 0.4) is 0 Å². The summed E-state index contributed by atoms with van der Waals surface area (Å²) in [5.74, 6) is 0.613. The number of nitrogens with zero attached hydrogens (tertiary/aromatic N) is 2. The Morgan fingerprint density at radius 3 is 2.00 bits per heavy atom. The Bertz CT molecular complexity index is 1100. The zero-order valence-corrected chi connectivity index (χ0v) is 23.2. The summed E-state index contributed by atoms with van der Waals surface area (Å²) in [6.07, 6.45) is 8.90. The Morgan fingerprint density at radius 2 is 1.44 bits per heavy atom. The molecular formula is C31H40N2O6. The second kappa shape index (κ2) is 12.4. The Hall–Kier alpha value is -3.13. The maximum Gasteiger partial charge on any atom is 0.253 e. The number of hydrogen-bond acceptors (Lipinski definition) is 7. The standard InChI is InChI=1S/C31H40N2O6/c1-37-29-27(34)25-19-21(20-26(25)28(35)30(29)38-2)7-6-18-39-24-10-8-22(9-11-24)31(36)33-16-12-23(13-17-33)32-14-4-3-5-15-32/h8-11,21,23H,3-7,12-20H2,1-2H3. The molecule has 0 aromatic heterocycles. The van der Waals surface area contributed by atoms with E-state index in [1.165, 1.54) is 46.6 Å². The Kier molecular flexibility index (Phi) is 8.70. The van der Waals surface area contributed by atoms with Crippen molar-refractivity contribution in [1.82, 2.24) is 9.80 Å². The maximum atomic E-state index is 13.0. The first kappa shape index (κ1) is 27.4. The largest absolute Gasteiger partial charge is 0.494 e. The van der Waals surface area contributed by atoms with Crippen LogP contribution in [0.25, 0.3) is 0 Å². The predicted molar refractivity (Wildman–Crippen MR) is 146 cm³/mol. The summed E-state index contributed by atoms with van der Waals surface area (Å²) in [5.41, 5.74) is 1.84. The van der Waals surface area contributed by atoms with Gasteiger partial charge in [-0.2, -0.15) is 0 Å². The molecule has 1 aromatic carbocycles. The maximum absolute atomic E-state index is 13.0. The molecule has 2 aliphatic heterocycles. The minimum atomic E-state index is -0.233. The molecule has 1 aromatic rings. The van der Waals surface area contributed by atoms with Gasteiger partial charge in [0.25, 0.3) is 5.91 Å². The lowest BCUT2D eigenvalue weighted by Gasteiger charge is -2.40. The lowest BCUT2D eigenvalue weighted by atomic mass is 9.94. The Balaban J connectivity index is 1.04. The molecule has 210 valence electrons. The first-order chi connectivity index (χ1) is 19.0. The minimum absolute atomic E-state index is 0.00842. The van der Waals surface area contributed by atoms with Gasteiger partial charge in [0, 0.05) is 35.8 Å². The molecule has 8 nitrogen and oxygen atoms in total. The highest BCUT2D eigenvalue weighted by Crippen LogP contribution is 2.41. The summed E-state index contributed by atoms with van der Waals surface area (Å²) in [5, 5.41) is 0. The fourth-order valence-corrected chi connectivity index (χ4v) is 6.57. The van der Waals surface area contributed by atoms with Crippen molar-refractivity contribution < 1.29 is 28.6 Å². The summed E-state index contributed by atoms with van der Waals surface area (Å²) in [6, 6.07) is 8.07. The third kappa shape index (κ3) is 5.91. The van der Waals surface area contributed by atoms with E-state index < -0.39 is 0 Å². The summed E-state index contributed by atoms with van der Waals surface area (Å²) >= 11 is 0. The van der Waals surface area contributed by atoms with Crippen molar-refractivity contribution in [2.24, 2.45) is 5.92 Å². The summed E-state index contributed by atoms with van der Waals surface area (Å²) in [4.78, 5) is 43.1. The lowest BCUT2D eigenvalue weighted by Crippen LogP contribution is -2.48. The summed E-state index contributed by atoms with van der Waals surface area (Å²) in [6.45, 7) is 4.60. The number of ether oxygens (including phenoxy) is 3. The van der Waals surface area contributed by atoms with Crippen LogP contribution in [0.1, 0.15) is 68.1 Å². The van der Waals surface area contributed by atoms with Crippen molar-refractivity contribution >= 4 is 17.5 Å². The molecule has 8 heteroatoms. The molecule has 4 aliphatic rings. The second-order valence-corrected chi connectivity index (χ2v) is 11.1. The number of carbonyl (C=O) groups is 3. The molecule has 2 heterocycles. The van der Waals surface area contributed by atoms with E-state index in [2.05, 4.69) is 4.90 Å². The smallest absolute Gasteiger partial charge is 0.253 e. The van der Waals surface area contributed by atoms with Crippen molar-refractivity contribution in [3.8, 4) is 5.75 Å². The SMILES string of the molecule is COC1=C(OC)C(=O)C2=C(CC(CCCOc3ccc(C(=O)N4CCC(N5CCCCC5)CC4)cc3)C2)C1=O. The molecule has 2 aliphatic carbocycles.